The molecule has 0 heterocycles. The Hall–Kier alpha value is -1.15. The Bertz CT molecular complexity index is 376. The van der Waals surface area contributed by atoms with E-state index in [0.717, 1.165) is 25.4 Å². The van der Waals surface area contributed by atoms with Gasteiger partial charge < -0.3 is 5.32 Å². The van der Waals surface area contributed by atoms with Crippen LogP contribution in [0, 0.1) is 5.82 Å². The first-order valence-corrected chi connectivity index (χ1v) is 6.37. The molecule has 2 rings (SSSR count). The average molecular weight is 233 g/mol. The van der Waals surface area contributed by atoms with Crippen molar-refractivity contribution in [2.45, 2.75) is 38.6 Å². The van der Waals surface area contributed by atoms with Crippen LogP contribution in [0.2, 0.25) is 0 Å². The van der Waals surface area contributed by atoms with Crippen LogP contribution in [0.4, 0.5) is 4.39 Å². The van der Waals surface area contributed by atoms with Gasteiger partial charge in [0.25, 0.3) is 0 Å². The molecule has 1 aromatic rings. The molecule has 0 amide bonds. The Morgan fingerprint density at radius 2 is 2.06 bits per heavy atom. The molecule has 0 atom stereocenters. The normalized spacial score (nSPS) is 16.2. The van der Waals surface area contributed by atoms with Gasteiger partial charge in [0.2, 0.25) is 0 Å². The molecule has 1 saturated carbocycles. The van der Waals surface area contributed by atoms with E-state index in [1.165, 1.54) is 36.1 Å². The van der Waals surface area contributed by atoms with Crippen LogP contribution in [-0.2, 0) is 6.42 Å². The molecule has 1 nitrogen and oxygen atoms in total. The number of nitrogens with one attached hydrogen (secondary N) is 1. The lowest BCUT2D eigenvalue weighted by Gasteiger charge is -2.03. The lowest BCUT2D eigenvalue weighted by molar-refractivity contribution is 0.627. The van der Waals surface area contributed by atoms with E-state index in [2.05, 4.69) is 18.3 Å². The Morgan fingerprint density at radius 1 is 1.35 bits per heavy atom. The summed E-state index contributed by atoms with van der Waals surface area (Å²) in [7, 11) is 0. The van der Waals surface area contributed by atoms with Crippen molar-refractivity contribution in [2.24, 2.45) is 0 Å². The second-order valence-electron chi connectivity index (χ2n) is 4.87. The quantitative estimate of drug-likeness (QED) is 0.586. The number of benzene rings is 1. The Labute approximate surface area is 103 Å². The molecule has 1 aliphatic rings. The molecule has 1 aromatic carbocycles. The van der Waals surface area contributed by atoms with Gasteiger partial charge in [-0.2, -0.15) is 0 Å². The molecule has 0 spiro atoms. The zero-order valence-electron chi connectivity index (χ0n) is 10.4. The van der Waals surface area contributed by atoms with Gasteiger partial charge in [-0.05, 0) is 56.8 Å². The van der Waals surface area contributed by atoms with E-state index >= 15 is 0 Å². The van der Waals surface area contributed by atoms with Crippen molar-refractivity contribution in [3.8, 4) is 0 Å². The van der Waals surface area contributed by atoms with Crippen LogP contribution >= 0.6 is 0 Å². The number of hydrogen-bond donors (Lipinski definition) is 1. The van der Waals surface area contributed by atoms with E-state index in [-0.39, 0.29) is 5.82 Å². The highest BCUT2D eigenvalue weighted by Crippen LogP contribution is 2.18. The van der Waals surface area contributed by atoms with Gasteiger partial charge in [0.1, 0.15) is 5.82 Å². The third kappa shape index (κ3) is 4.70. The first kappa shape index (κ1) is 12.3. The molecule has 17 heavy (non-hydrogen) atoms. The van der Waals surface area contributed by atoms with Crippen molar-refractivity contribution in [1.29, 1.82) is 0 Å². The summed E-state index contributed by atoms with van der Waals surface area (Å²) in [5.74, 6) is -0.163. The smallest absolute Gasteiger partial charge is 0.123 e. The fourth-order valence-electron chi connectivity index (χ4n) is 1.89. The SMILES string of the molecule is CC(=CCCNC1CC1)Cc1ccc(F)cc1. The van der Waals surface area contributed by atoms with Crippen LogP contribution in [0.3, 0.4) is 0 Å². The van der Waals surface area contributed by atoms with E-state index in [9.17, 15) is 4.39 Å². The van der Waals surface area contributed by atoms with Gasteiger partial charge in [0.05, 0.1) is 0 Å². The molecule has 0 radical (unpaired) electrons. The molecule has 1 fully saturated rings. The number of hydrogen-bond acceptors (Lipinski definition) is 1. The van der Waals surface area contributed by atoms with Gasteiger partial charge in [0, 0.05) is 6.04 Å². The first-order valence-electron chi connectivity index (χ1n) is 6.37. The Kier molecular flexibility index (Phi) is 4.32. The maximum Gasteiger partial charge on any atom is 0.123 e. The lowest BCUT2D eigenvalue weighted by Crippen LogP contribution is -2.16. The van der Waals surface area contributed by atoms with E-state index in [0.29, 0.717) is 0 Å². The van der Waals surface area contributed by atoms with Crippen molar-refractivity contribution in [1.82, 2.24) is 5.32 Å². The first-order chi connectivity index (χ1) is 8.24. The average Bonchev–Trinajstić information content (AvgIpc) is 3.12. The molecule has 0 bridgehead atoms. The molecular weight excluding hydrogens is 213 g/mol. The van der Waals surface area contributed by atoms with E-state index in [4.69, 9.17) is 0 Å². The van der Waals surface area contributed by atoms with Crippen molar-refractivity contribution in [2.75, 3.05) is 6.54 Å². The Balaban J connectivity index is 1.72. The summed E-state index contributed by atoms with van der Waals surface area (Å²) >= 11 is 0. The minimum absolute atomic E-state index is 0.163. The Morgan fingerprint density at radius 3 is 2.71 bits per heavy atom. The van der Waals surface area contributed by atoms with Crippen LogP contribution in [0.15, 0.2) is 35.9 Å². The van der Waals surface area contributed by atoms with Crippen LogP contribution in [0.1, 0.15) is 31.7 Å². The third-order valence-electron chi connectivity index (χ3n) is 3.04. The van der Waals surface area contributed by atoms with Crippen molar-refractivity contribution >= 4 is 0 Å². The zero-order chi connectivity index (χ0) is 12.1. The second kappa shape index (κ2) is 5.97. The highest BCUT2D eigenvalue weighted by molar-refractivity contribution is 5.21. The zero-order valence-corrected chi connectivity index (χ0v) is 10.4. The summed E-state index contributed by atoms with van der Waals surface area (Å²) in [6.07, 6.45) is 6.97. The van der Waals surface area contributed by atoms with Crippen LogP contribution in [0.5, 0.6) is 0 Å². The fraction of sp³-hybridized carbons (Fsp3) is 0.467. The lowest BCUT2D eigenvalue weighted by atomic mass is 10.1. The highest BCUT2D eigenvalue weighted by atomic mass is 19.1. The van der Waals surface area contributed by atoms with Gasteiger partial charge in [-0.1, -0.05) is 23.8 Å². The molecule has 0 unspecified atom stereocenters. The molecule has 1 N–H and O–H groups in total. The van der Waals surface area contributed by atoms with E-state index < -0.39 is 0 Å². The molecule has 0 aromatic heterocycles. The van der Waals surface area contributed by atoms with Gasteiger partial charge in [-0.3, -0.25) is 0 Å². The van der Waals surface area contributed by atoms with Crippen molar-refractivity contribution in [3.63, 3.8) is 0 Å². The van der Waals surface area contributed by atoms with Crippen molar-refractivity contribution in [3.05, 3.63) is 47.3 Å². The summed E-state index contributed by atoms with van der Waals surface area (Å²) < 4.78 is 12.7. The van der Waals surface area contributed by atoms with Crippen LogP contribution in [0.25, 0.3) is 0 Å². The van der Waals surface area contributed by atoms with Crippen LogP contribution < -0.4 is 5.32 Å². The highest BCUT2D eigenvalue weighted by Gasteiger charge is 2.19. The van der Waals surface area contributed by atoms with Gasteiger partial charge in [-0.15, -0.1) is 0 Å². The van der Waals surface area contributed by atoms with Crippen molar-refractivity contribution < 1.29 is 4.39 Å². The molecule has 0 aliphatic heterocycles. The standard InChI is InChI=1S/C15H20FN/c1-12(3-2-10-17-15-8-9-15)11-13-4-6-14(16)7-5-13/h3-7,15,17H,2,8-11H2,1H3. The van der Waals surface area contributed by atoms with Gasteiger partial charge >= 0.3 is 0 Å². The summed E-state index contributed by atoms with van der Waals surface area (Å²) in [5.41, 5.74) is 2.53. The molecule has 2 heteroatoms. The van der Waals surface area contributed by atoms with Gasteiger partial charge in [0.15, 0.2) is 0 Å². The summed E-state index contributed by atoms with van der Waals surface area (Å²) in [6, 6.07) is 7.56. The number of halogens is 1. The third-order valence-corrected chi connectivity index (χ3v) is 3.04. The summed E-state index contributed by atoms with van der Waals surface area (Å²) in [4.78, 5) is 0. The number of rotatable bonds is 6. The minimum Gasteiger partial charge on any atom is -0.314 e. The van der Waals surface area contributed by atoms with E-state index in [1.807, 2.05) is 12.1 Å². The topological polar surface area (TPSA) is 12.0 Å². The van der Waals surface area contributed by atoms with Crippen LogP contribution in [-0.4, -0.2) is 12.6 Å². The second-order valence-corrected chi connectivity index (χ2v) is 4.87. The maximum atomic E-state index is 12.7. The summed E-state index contributed by atoms with van der Waals surface area (Å²) in [5, 5.41) is 3.49. The van der Waals surface area contributed by atoms with Gasteiger partial charge in [-0.25, -0.2) is 4.39 Å². The largest absolute Gasteiger partial charge is 0.314 e. The minimum atomic E-state index is -0.163. The molecule has 0 saturated heterocycles. The predicted molar refractivity (Wildman–Crippen MR) is 69.5 cm³/mol. The maximum absolute atomic E-state index is 12.7. The number of allylic oxidation sites excluding steroid dienone is 1. The summed E-state index contributed by atoms with van der Waals surface area (Å²) in [6.45, 7) is 3.21. The molecule has 1 aliphatic carbocycles. The van der Waals surface area contributed by atoms with E-state index in [1.54, 1.807) is 0 Å². The molecule has 92 valence electrons. The fourth-order valence-corrected chi connectivity index (χ4v) is 1.89. The predicted octanol–water partition coefficient (Wildman–Crippen LogP) is 3.46. The molecular formula is C15H20FN. The monoisotopic (exact) mass is 233 g/mol.